The van der Waals surface area contributed by atoms with Crippen molar-refractivity contribution in [2.45, 2.75) is 45.1 Å². The Morgan fingerprint density at radius 3 is 2.93 bits per heavy atom. The lowest BCUT2D eigenvalue weighted by atomic mass is 9.81. The monoisotopic (exact) mass is 195 g/mol. The second-order valence-electron chi connectivity index (χ2n) is 4.36. The molecule has 3 nitrogen and oxygen atoms in total. The van der Waals surface area contributed by atoms with Crippen molar-refractivity contribution in [3.05, 3.63) is 11.3 Å². The zero-order valence-electron chi connectivity index (χ0n) is 8.55. The van der Waals surface area contributed by atoms with E-state index in [4.69, 9.17) is 5.11 Å². The van der Waals surface area contributed by atoms with Gasteiger partial charge in [0.25, 0.3) is 0 Å². The molecule has 0 saturated heterocycles. The number of hydrogen-bond acceptors (Lipinski definition) is 2. The number of fused-ring (bicyclic) bond motifs is 1. The molecule has 0 amide bonds. The van der Waals surface area contributed by atoms with Gasteiger partial charge in [-0.2, -0.15) is 0 Å². The molecule has 2 rings (SSSR count). The van der Waals surface area contributed by atoms with E-state index in [1.165, 1.54) is 19.3 Å². The van der Waals surface area contributed by atoms with Crippen LogP contribution >= 0.6 is 0 Å². The second-order valence-corrected chi connectivity index (χ2v) is 4.36. The van der Waals surface area contributed by atoms with Crippen LogP contribution < -0.4 is 5.32 Å². The number of carboxylic acid groups (broad SMARTS) is 1. The second kappa shape index (κ2) is 3.64. The Morgan fingerprint density at radius 2 is 2.21 bits per heavy atom. The van der Waals surface area contributed by atoms with Gasteiger partial charge in [0.1, 0.15) is 0 Å². The van der Waals surface area contributed by atoms with Crippen LogP contribution in [0.5, 0.6) is 0 Å². The molecule has 2 atom stereocenters. The van der Waals surface area contributed by atoms with E-state index in [1.807, 2.05) is 6.92 Å². The van der Waals surface area contributed by atoms with Gasteiger partial charge < -0.3 is 10.4 Å². The summed E-state index contributed by atoms with van der Waals surface area (Å²) < 4.78 is 0. The van der Waals surface area contributed by atoms with Crippen molar-refractivity contribution in [2.24, 2.45) is 5.92 Å². The van der Waals surface area contributed by atoms with E-state index in [1.54, 1.807) is 0 Å². The third-order valence-corrected chi connectivity index (χ3v) is 3.44. The minimum atomic E-state index is -0.702. The fraction of sp³-hybridized carbons (Fsp3) is 0.727. The molecular formula is C11H17NO2. The Balaban J connectivity index is 2.12. The van der Waals surface area contributed by atoms with Crippen molar-refractivity contribution in [1.82, 2.24) is 5.32 Å². The number of carbonyl (C=O) groups is 1. The molecule has 14 heavy (non-hydrogen) atoms. The van der Waals surface area contributed by atoms with Gasteiger partial charge >= 0.3 is 5.97 Å². The van der Waals surface area contributed by atoms with Crippen molar-refractivity contribution >= 4 is 5.97 Å². The third-order valence-electron chi connectivity index (χ3n) is 3.44. The van der Waals surface area contributed by atoms with Crippen LogP contribution in [0.15, 0.2) is 11.3 Å². The smallest absolute Gasteiger partial charge is 0.307 e. The summed E-state index contributed by atoms with van der Waals surface area (Å²) in [6.07, 6.45) is 5.11. The van der Waals surface area contributed by atoms with Gasteiger partial charge in [0.15, 0.2) is 0 Å². The molecule has 1 aliphatic carbocycles. The predicted octanol–water partition coefficient (Wildman–Crippen LogP) is 1.90. The molecule has 1 saturated carbocycles. The molecule has 0 bridgehead atoms. The fourth-order valence-electron chi connectivity index (χ4n) is 2.80. The van der Waals surface area contributed by atoms with E-state index in [9.17, 15) is 4.79 Å². The predicted molar refractivity (Wildman–Crippen MR) is 53.8 cm³/mol. The first-order valence-electron chi connectivity index (χ1n) is 5.36. The maximum absolute atomic E-state index is 10.7. The number of hydrogen-bond donors (Lipinski definition) is 2. The lowest BCUT2D eigenvalue weighted by Gasteiger charge is -2.27. The zero-order valence-corrected chi connectivity index (χ0v) is 8.55. The summed E-state index contributed by atoms with van der Waals surface area (Å²) in [5, 5.41) is 12.2. The average molecular weight is 195 g/mol. The normalized spacial score (nSPS) is 31.2. The van der Waals surface area contributed by atoms with Crippen molar-refractivity contribution in [3.8, 4) is 0 Å². The van der Waals surface area contributed by atoms with Crippen LogP contribution in [0, 0.1) is 5.92 Å². The molecule has 0 spiro atoms. The van der Waals surface area contributed by atoms with Crippen LogP contribution in [0.2, 0.25) is 0 Å². The average Bonchev–Trinajstić information content (AvgIpc) is 2.43. The van der Waals surface area contributed by atoms with Crippen LogP contribution in [0.3, 0.4) is 0 Å². The summed E-state index contributed by atoms with van der Waals surface area (Å²) in [5.41, 5.74) is 2.26. The van der Waals surface area contributed by atoms with Crippen molar-refractivity contribution in [1.29, 1.82) is 0 Å². The molecule has 2 unspecified atom stereocenters. The Hall–Kier alpha value is -0.990. The SMILES string of the molecule is CC1=C(CC(=O)O)C2CCCCC2N1. The molecule has 1 aliphatic heterocycles. The van der Waals surface area contributed by atoms with Gasteiger partial charge in [-0.25, -0.2) is 0 Å². The summed E-state index contributed by atoms with van der Waals surface area (Å²) in [7, 11) is 0. The number of aliphatic carboxylic acids is 1. The van der Waals surface area contributed by atoms with Gasteiger partial charge in [0.2, 0.25) is 0 Å². The summed E-state index contributed by atoms with van der Waals surface area (Å²) in [5.74, 6) is -0.202. The lowest BCUT2D eigenvalue weighted by molar-refractivity contribution is -0.136. The molecule has 0 aromatic heterocycles. The minimum absolute atomic E-state index is 0.222. The van der Waals surface area contributed by atoms with Crippen molar-refractivity contribution in [2.75, 3.05) is 0 Å². The highest BCUT2D eigenvalue weighted by Crippen LogP contribution is 2.37. The van der Waals surface area contributed by atoms with Crippen LogP contribution in [-0.2, 0) is 4.79 Å². The molecule has 2 N–H and O–H groups in total. The third kappa shape index (κ3) is 1.63. The number of rotatable bonds is 2. The van der Waals surface area contributed by atoms with Crippen LogP contribution in [0.25, 0.3) is 0 Å². The quantitative estimate of drug-likeness (QED) is 0.707. The molecule has 78 valence electrons. The van der Waals surface area contributed by atoms with Crippen LogP contribution in [0.4, 0.5) is 0 Å². The Morgan fingerprint density at radius 1 is 1.50 bits per heavy atom. The molecular weight excluding hydrogens is 178 g/mol. The van der Waals surface area contributed by atoms with Crippen LogP contribution in [0.1, 0.15) is 39.0 Å². The van der Waals surface area contributed by atoms with E-state index in [0.717, 1.165) is 17.7 Å². The largest absolute Gasteiger partial charge is 0.481 e. The Kier molecular flexibility index (Phi) is 2.48. The van der Waals surface area contributed by atoms with Gasteiger partial charge in [0, 0.05) is 17.7 Å². The molecule has 3 heteroatoms. The van der Waals surface area contributed by atoms with E-state index < -0.39 is 5.97 Å². The number of allylic oxidation sites excluding steroid dienone is 1. The molecule has 0 radical (unpaired) electrons. The maximum Gasteiger partial charge on any atom is 0.307 e. The highest BCUT2D eigenvalue weighted by molar-refractivity contribution is 5.70. The molecule has 1 heterocycles. The maximum atomic E-state index is 10.7. The highest BCUT2D eigenvalue weighted by Gasteiger charge is 2.34. The standard InChI is InChI=1S/C11H17NO2/c1-7-9(6-11(13)14)8-4-2-3-5-10(8)12-7/h8,10,12H,2-6H2,1H3,(H,13,14). The number of nitrogens with one attached hydrogen (secondary N) is 1. The first-order chi connectivity index (χ1) is 6.68. The van der Waals surface area contributed by atoms with Crippen molar-refractivity contribution in [3.63, 3.8) is 0 Å². The Bertz CT molecular complexity index is 283. The van der Waals surface area contributed by atoms with Gasteiger partial charge in [-0.15, -0.1) is 0 Å². The van der Waals surface area contributed by atoms with E-state index in [2.05, 4.69) is 5.32 Å². The van der Waals surface area contributed by atoms with E-state index in [0.29, 0.717) is 12.0 Å². The highest BCUT2D eigenvalue weighted by atomic mass is 16.4. The molecule has 0 aromatic rings. The lowest BCUT2D eigenvalue weighted by Crippen LogP contribution is -2.31. The zero-order chi connectivity index (χ0) is 10.1. The van der Waals surface area contributed by atoms with Crippen molar-refractivity contribution < 1.29 is 9.90 Å². The minimum Gasteiger partial charge on any atom is -0.481 e. The van der Waals surface area contributed by atoms with E-state index in [-0.39, 0.29) is 6.42 Å². The number of carboxylic acids is 1. The topological polar surface area (TPSA) is 49.3 Å². The first-order valence-corrected chi connectivity index (χ1v) is 5.36. The summed E-state index contributed by atoms with van der Waals surface area (Å²) >= 11 is 0. The first kappa shape index (κ1) is 9.56. The fourth-order valence-corrected chi connectivity index (χ4v) is 2.80. The summed E-state index contributed by atoms with van der Waals surface area (Å²) in [6.45, 7) is 2.01. The molecule has 2 aliphatic rings. The van der Waals surface area contributed by atoms with Gasteiger partial charge in [-0.3, -0.25) is 4.79 Å². The van der Waals surface area contributed by atoms with E-state index >= 15 is 0 Å². The Labute approximate surface area is 84.2 Å². The van der Waals surface area contributed by atoms with Gasteiger partial charge in [-0.05, 0) is 25.3 Å². The van der Waals surface area contributed by atoms with Crippen LogP contribution in [-0.4, -0.2) is 17.1 Å². The molecule has 0 aromatic carbocycles. The summed E-state index contributed by atoms with van der Waals surface area (Å²) in [6, 6.07) is 0.526. The van der Waals surface area contributed by atoms with Gasteiger partial charge in [0.05, 0.1) is 6.42 Å². The van der Waals surface area contributed by atoms with Gasteiger partial charge in [-0.1, -0.05) is 12.8 Å². The summed E-state index contributed by atoms with van der Waals surface area (Å²) in [4.78, 5) is 10.7. The molecule has 1 fully saturated rings.